The molecule has 2 N–H and O–H groups in total. The Bertz CT molecular complexity index is 905. The maximum absolute atomic E-state index is 13.6. The van der Waals surface area contributed by atoms with Crippen LogP contribution in [0.4, 0.5) is 14.9 Å². The summed E-state index contributed by atoms with van der Waals surface area (Å²) in [6.07, 6.45) is 0. The quantitative estimate of drug-likeness (QED) is 0.747. The summed E-state index contributed by atoms with van der Waals surface area (Å²) in [4.78, 5) is 38.1. The third kappa shape index (κ3) is 3.20. The number of halogens is 2. The van der Waals surface area contributed by atoms with E-state index in [1.165, 1.54) is 18.2 Å². The molecule has 2 aromatic carbocycles. The number of nitrogens with one attached hydrogen (secondary N) is 2. The monoisotopic (exact) mass is 419 g/mol. The van der Waals surface area contributed by atoms with Crippen LogP contribution in [0.2, 0.25) is 0 Å². The number of imide groups is 1. The van der Waals surface area contributed by atoms with Gasteiger partial charge in [-0.3, -0.25) is 14.5 Å². The molecule has 1 saturated heterocycles. The SMILES string of the molecule is C[C@@]1(c2ccccc2Br)NC(=O)N(CC(=O)Nc2ccccc2F)C1=O. The third-order valence-electron chi connectivity index (χ3n) is 4.14. The molecule has 0 unspecified atom stereocenters. The van der Waals surface area contributed by atoms with Gasteiger partial charge in [-0.25, -0.2) is 9.18 Å². The van der Waals surface area contributed by atoms with E-state index in [0.29, 0.717) is 10.0 Å². The van der Waals surface area contributed by atoms with Gasteiger partial charge in [-0.15, -0.1) is 0 Å². The Morgan fingerprint density at radius 2 is 1.85 bits per heavy atom. The van der Waals surface area contributed by atoms with Crippen molar-refractivity contribution in [1.29, 1.82) is 0 Å². The van der Waals surface area contributed by atoms with Crippen molar-refractivity contribution >= 4 is 39.5 Å². The number of anilines is 1. The zero-order valence-electron chi connectivity index (χ0n) is 13.8. The van der Waals surface area contributed by atoms with Crippen LogP contribution >= 0.6 is 15.9 Å². The molecule has 0 bridgehead atoms. The largest absolute Gasteiger partial charge is 0.325 e. The van der Waals surface area contributed by atoms with Gasteiger partial charge in [0, 0.05) is 10.0 Å². The van der Waals surface area contributed by atoms with Crippen molar-refractivity contribution in [3.63, 3.8) is 0 Å². The Labute approximate surface area is 157 Å². The fraction of sp³-hybridized carbons (Fsp3) is 0.167. The molecular weight excluding hydrogens is 405 g/mol. The van der Waals surface area contributed by atoms with Gasteiger partial charge in [-0.2, -0.15) is 0 Å². The zero-order chi connectivity index (χ0) is 18.9. The van der Waals surface area contributed by atoms with Gasteiger partial charge in [-0.1, -0.05) is 46.3 Å². The van der Waals surface area contributed by atoms with Gasteiger partial charge < -0.3 is 10.6 Å². The number of hydrogen-bond acceptors (Lipinski definition) is 3. The summed E-state index contributed by atoms with van der Waals surface area (Å²) in [5.74, 6) is -1.83. The lowest BCUT2D eigenvalue weighted by molar-refractivity contribution is -0.133. The molecular formula is C18H15BrFN3O3. The van der Waals surface area contributed by atoms with Crippen LogP contribution < -0.4 is 10.6 Å². The first kappa shape index (κ1) is 18.1. The first-order valence-electron chi connectivity index (χ1n) is 7.76. The summed E-state index contributed by atoms with van der Waals surface area (Å²) in [5, 5.41) is 4.98. The molecule has 1 aliphatic rings. The molecule has 26 heavy (non-hydrogen) atoms. The molecule has 1 aliphatic heterocycles. The molecule has 0 radical (unpaired) electrons. The van der Waals surface area contributed by atoms with Crippen molar-refractivity contribution in [3.05, 3.63) is 64.4 Å². The number of benzene rings is 2. The van der Waals surface area contributed by atoms with E-state index in [4.69, 9.17) is 0 Å². The molecule has 0 aromatic heterocycles. The normalized spacial score (nSPS) is 19.4. The number of carbonyl (C=O) groups excluding carboxylic acids is 3. The van der Waals surface area contributed by atoms with Gasteiger partial charge in [0.25, 0.3) is 5.91 Å². The Hall–Kier alpha value is -2.74. The predicted octanol–water partition coefficient (Wildman–Crippen LogP) is 2.99. The van der Waals surface area contributed by atoms with Crippen LogP contribution in [0.15, 0.2) is 53.0 Å². The van der Waals surface area contributed by atoms with Crippen molar-refractivity contribution in [1.82, 2.24) is 10.2 Å². The Morgan fingerprint density at radius 1 is 1.19 bits per heavy atom. The van der Waals surface area contributed by atoms with Gasteiger partial charge in [0.2, 0.25) is 5.91 Å². The van der Waals surface area contributed by atoms with E-state index in [2.05, 4.69) is 26.6 Å². The van der Waals surface area contributed by atoms with E-state index in [1.54, 1.807) is 37.3 Å². The van der Waals surface area contributed by atoms with Gasteiger partial charge in [0.1, 0.15) is 17.9 Å². The highest BCUT2D eigenvalue weighted by molar-refractivity contribution is 9.10. The van der Waals surface area contributed by atoms with Gasteiger partial charge in [-0.05, 0) is 25.1 Å². The van der Waals surface area contributed by atoms with Crippen LogP contribution in [0.3, 0.4) is 0 Å². The van der Waals surface area contributed by atoms with Crippen molar-refractivity contribution in [2.45, 2.75) is 12.5 Å². The summed E-state index contributed by atoms with van der Waals surface area (Å²) in [6.45, 7) is 1.06. The van der Waals surface area contributed by atoms with Crippen LogP contribution in [0.1, 0.15) is 12.5 Å². The summed E-state index contributed by atoms with van der Waals surface area (Å²) in [7, 11) is 0. The predicted molar refractivity (Wildman–Crippen MR) is 96.8 cm³/mol. The van der Waals surface area contributed by atoms with Crippen LogP contribution in [0.5, 0.6) is 0 Å². The number of nitrogens with zero attached hydrogens (tertiary/aromatic N) is 1. The molecule has 4 amide bonds. The van der Waals surface area contributed by atoms with Crippen LogP contribution in [-0.2, 0) is 15.1 Å². The van der Waals surface area contributed by atoms with Crippen molar-refractivity contribution in [2.24, 2.45) is 0 Å². The van der Waals surface area contributed by atoms with Crippen LogP contribution in [-0.4, -0.2) is 29.3 Å². The van der Waals surface area contributed by atoms with Gasteiger partial charge in [0.15, 0.2) is 0 Å². The molecule has 2 aromatic rings. The Kier molecular flexibility index (Phi) is 4.78. The van der Waals surface area contributed by atoms with E-state index in [1.807, 2.05) is 0 Å². The second-order valence-electron chi connectivity index (χ2n) is 5.95. The molecule has 1 fully saturated rings. The second-order valence-corrected chi connectivity index (χ2v) is 6.81. The minimum atomic E-state index is -1.30. The standard InChI is InChI=1S/C18H15BrFN3O3/c1-18(11-6-2-3-7-12(11)19)16(25)23(17(26)22-18)10-15(24)21-14-9-5-4-8-13(14)20/h2-9H,10H2,1H3,(H,21,24)(H,22,26)/t18-/m0/s1. The van der Waals surface area contributed by atoms with Crippen LogP contribution in [0, 0.1) is 5.82 Å². The lowest BCUT2D eigenvalue weighted by atomic mass is 9.92. The Morgan fingerprint density at radius 3 is 2.54 bits per heavy atom. The Balaban J connectivity index is 1.78. The highest BCUT2D eigenvalue weighted by atomic mass is 79.9. The minimum absolute atomic E-state index is 0.0156. The number of hydrogen-bond donors (Lipinski definition) is 2. The summed E-state index contributed by atoms with van der Waals surface area (Å²) in [5.41, 5.74) is -0.733. The van der Waals surface area contributed by atoms with Gasteiger partial charge >= 0.3 is 6.03 Å². The first-order valence-corrected chi connectivity index (χ1v) is 8.56. The van der Waals surface area contributed by atoms with Crippen molar-refractivity contribution in [2.75, 3.05) is 11.9 Å². The number of rotatable bonds is 4. The molecule has 6 nitrogen and oxygen atoms in total. The second kappa shape index (κ2) is 6.87. The number of amides is 4. The maximum atomic E-state index is 13.6. The molecule has 134 valence electrons. The zero-order valence-corrected chi connectivity index (χ0v) is 15.3. The number of para-hydroxylation sites is 1. The van der Waals surface area contributed by atoms with E-state index in [0.717, 1.165) is 4.90 Å². The summed E-state index contributed by atoms with van der Waals surface area (Å²) < 4.78 is 14.3. The van der Waals surface area contributed by atoms with Crippen LogP contribution in [0.25, 0.3) is 0 Å². The van der Waals surface area contributed by atoms with Crippen molar-refractivity contribution < 1.29 is 18.8 Å². The molecule has 0 spiro atoms. The van der Waals surface area contributed by atoms with Crippen molar-refractivity contribution in [3.8, 4) is 0 Å². The average Bonchev–Trinajstić information content (AvgIpc) is 2.81. The highest BCUT2D eigenvalue weighted by Crippen LogP contribution is 2.33. The maximum Gasteiger partial charge on any atom is 0.325 e. The lowest BCUT2D eigenvalue weighted by Crippen LogP contribution is -2.42. The van der Waals surface area contributed by atoms with Gasteiger partial charge in [0.05, 0.1) is 5.69 Å². The molecule has 3 rings (SSSR count). The topological polar surface area (TPSA) is 78.5 Å². The number of carbonyl (C=O) groups is 3. The van der Waals surface area contributed by atoms with E-state index in [-0.39, 0.29) is 5.69 Å². The third-order valence-corrected chi connectivity index (χ3v) is 4.83. The molecule has 0 saturated carbocycles. The fourth-order valence-electron chi connectivity index (χ4n) is 2.79. The van der Waals surface area contributed by atoms with E-state index >= 15 is 0 Å². The van der Waals surface area contributed by atoms with E-state index in [9.17, 15) is 18.8 Å². The smallest absolute Gasteiger partial charge is 0.322 e. The minimum Gasteiger partial charge on any atom is -0.322 e. The summed E-state index contributed by atoms with van der Waals surface area (Å²) >= 11 is 3.37. The highest BCUT2D eigenvalue weighted by Gasteiger charge is 2.50. The molecule has 1 heterocycles. The fourth-order valence-corrected chi connectivity index (χ4v) is 3.47. The summed E-state index contributed by atoms with van der Waals surface area (Å²) in [6, 6.07) is 12.0. The number of urea groups is 1. The average molecular weight is 420 g/mol. The first-order chi connectivity index (χ1) is 12.3. The molecule has 8 heteroatoms. The molecule has 1 atom stereocenters. The van der Waals surface area contributed by atoms with E-state index < -0.39 is 35.7 Å². The molecule has 0 aliphatic carbocycles. The lowest BCUT2D eigenvalue weighted by Gasteiger charge is -2.23.